The molecule has 4 nitrogen and oxygen atoms in total. The molecule has 0 atom stereocenters. The zero-order valence-corrected chi connectivity index (χ0v) is 10.3. The summed E-state index contributed by atoms with van der Waals surface area (Å²) in [5.74, 6) is 2.39. The molecule has 0 radical (unpaired) electrons. The van der Waals surface area contributed by atoms with Gasteiger partial charge in [0.05, 0.1) is 14.2 Å². The van der Waals surface area contributed by atoms with Crippen molar-refractivity contribution in [3.8, 4) is 23.0 Å². The first-order valence-electron chi connectivity index (χ1n) is 5.49. The number of ether oxygens (including phenoxy) is 3. The highest BCUT2D eigenvalue weighted by atomic mass is 16.5. The van der Waals surface area contributed by atoms with Gasteiger partial charge < -0.3 is 19.9 Å². The molecule has 0 aliphatic heterocycles. The fourth-order valence-corrected chi connectivity index (χ4v) is 1.61. The Balaban J connectivity index is 2.34. The summed E-state index contributed by atoms with van der Waals surface area (Å²) in [7, 11) is 3.16. The van der Waals surface area contributed by atoms with Crippen LogP contribution >= 0.6 is 0 Å². The fourth-order valence-electron chi connectivity index (χ4n) is 1.61. The number of methoxy groups -OCH3 is 2. The number of hydrogen-bond acceptors (Lipinski definition) is 4. The van der Waals surface area contributed by atoms with Gasteiger partial charge in [-0.25, -0.2) is 0 Å². The van der Waals surface area contributed by atoms with E-state index in [1.54, 1.807) is 26.4 Å². The molecule has 2 aromatic rings. The SMILES string of the molecule is COc1ccccc1Oc1cccc(OC)c1N. The van der Waals surface area contributed by atoms with Gasteiger partial charge in [-0.15, -0.1) is 0 Å². The minimum Gasteiger partial charge on any atom is -0.494 e. The Kier molecular flexibility index (Phi) is 3.57. The highest BCUT2D eigenvalue weighted by Gasteiger charge is 2.09. The minimum absolute atomic E-state index is 0.464. The number of hydrogen-bond donors (Lipinski definition) is 1. The third-order valence-corrected chi connectivity index (χ3v) is 2.54. The van der Waals surface area contributed by atoms with Crippen LogP contribution in [0.5, 0.6) is 23.0 Å². The van der Waals surface area contributed by atoms with Crippen LogP contribution in [0.4, 0.5) is 5.69 Å². The molecular formula is C14H15NO3. The molecule has 2 N–H and O–H groups in total. The van der Waals surface area contributed by atoms with E-state index in [4.69, 9.17) is 19.9 Å². The van der Waals surface area contributed by atoms with Crippen LogP contribution in [-0.4, -0.2) is 14.2 Å². The predicted molar refractivity (Wildman–Crippen MR) is 70.5 cm³/mol. The van der Waals surface area contributed by atoms with Gasteiger partial charge in [-0.2, -0.15) is 0 Å². The molecule has 0 fully saturated rings. The summed E-state index contributed by atoms with van der Waals surface area (Å²) in [6.45, 7) is 0. The topological polar surface area (TPSA) is 53.7 Å². The summed E-state index contributed by atoms with van der Waals surface area (Å²) in [4.78, 5) is 0. The van der Waals surface area contributed by atoms with Gasteiger partial charge in [-0.3, -0.25) is 0 Å². The summed E-state index contributed by atoms with van der Waals surface area (Å²) in [5, 5.41) is 0. The van der Waals surface area contributed by atoms with Crippen molar-refractivity contribution >= 4 is 5.69 Å². The van der Waals surface area contributed by atoms with Crippen molar-refractivity contribution in [2.75, 3.05) is 20.0 Å². The number of para-hydroxylation sites is 3. The van der Waals surface area contributed by atoms with E-state index in [-0.39, 0.29) is 0 Å². The maximum absolute atomic E-state index is 5.94. The summed E-state index contributed by atoms with van der Waals surface area (Å²) in [6.07, 6.45) is 0. The Morgan fingerprint density at radius 3 is 1.94 bits per heavy atom. The van der Waals surface area contributed by atoms with E-state index in [9.17, 15) is 0 Å². The number of benzene rings is 2. The van der Waals surface area contributed by atoms with E-state index in [0.717, 1.165) is 0 Å². The standard InChI is InChI=1S/C14H15NO3/c1-16-10-6-3-4-7-11(10)18-13-9-5-8-12(17-2)14(13)15/h3-9H,15H2,1-2H3. The molecule has 0 spiro atoms. The largest absolute Gasteiger partial charge is 0.494 e. The number of anilines is 1. The lowest BCUT2D eigenvalue weighted by Gasteiger charge is -2.13. The molecule has 0 heterocycles. The van der Waals surface area contributed by atoms with E-state index >= 15 is 0 Å². The molecule has 4 heteroatoms. The lowest BCUT2D eigenvalue weighted by Crippen LogP contribution is -1.97. The van der Waals surface area contributed by atoms with Crippen LogP contribution in [0.3, 0.4) is 0 Å². The Morgan fingerprint density at radius 2 is 1.28 bits per heavy atom. The molecule has 0 aliphatic rings. The number of rotatable bonds is 4. The third-order valence-electron chi connectivity index (χ3n) is 2.54. The van der Waals surface area contributed by atoms with Gasteiger partial charge in [-0.1, -0.05) is 18.2 Å². The van der Waals surface area contributed by atoms with Crippen LogP contribution < -0.4 is 19.9 Å². The molecule has 18 heavy (non-hydrogen) atoms. The van der Waals surface area contributed by atoms with Crippen molar-refractivity contribution in [1.82, 2.24) is 0 Å². The summed E-state index contributed by atoms with van der Waals surface area (Å²) < 4.78 is 16.1. The van der Waals surface area contributed by atoms with Gasteiger partial charge in [0, 0.05) is 0 Å². The van der Waals surface area contributed by atoms with Crippen LogP contribution in [0, 0.1) is 0 Å². The molecule has 0 aliphatic carbocycles. The third kappa shape index (κ3) is 2.32. The van der Waals surface area contributed by atoms with E-state index in [2.05, 4.69) is 0 Å². The smallest absolute Gasteiger partial charge is 0.169 e. The average Bonchev–Trinajstić information content (AvgIpc) is 2.42. The normalized spacial score (nSPS) is 9.89. The minimum atomic E-state index is 0.464. The average molecular weight is 245 g/mol. The van der Waals surface area contributed by atoms with Crippen LogP contribution in [-0.2, 0) is 0 Å². The number of nitrogen functional groups attached to an aromatic ring is 1. The second kappa shape index (κ2) is 5.31. The predicted octanol–water partition coefficient (Wildman–Crippen LogP) is 3.08. The molecule has 0 bridgehead atoms. The second-order valence-electron chi connectivity index (χ2n) is 3.63. The van der Waals surface area contributed by atoms with Crippen molar-refractivity contribution in [3.05, 3.63) is 42.5 Å². The van der Waals surface area contributed by atoms with E-state index in [1.165, 1.54) is 0 Å². The lowest BCUT2D eigenvalue weighted by molar-refractivity contribution is 0.377. The molecule has 2 aromatic carbocycles. The van der Waals surface area contributed by atoms with Crippen LogP contribution in [0.15, 0.2) is 42.5 Å². The summed E-state index contributed by atoms with van der Waals surface area (Å²) in [6, 6.07) is 12.8. The maximum Gasteiger partial charge on any atom is 0.169 e. The van der Waals surface area contributed by atoms with Gasteiger partial charge in [0.1, 0.15) is 11.4 Å². The highest BCUT2D eigenvalue weighted by molar-refractivity contribution is 5.64. The molecule has 0 aromatic heterocycles. The molecule has 0 saturated heterocycles. The van der Waals surface area contributed by atoms with Crippen molar-refractivity contribution in [2.24, 2.45) is 0 Å². The van der Waals surface area contributed by atoms with Crippen molar-refractivity contribution in [2.45, 2.75) is 0 Å². The van der Waals surface area contributed by atoms with Gasteiger partial charge in [0.15, 0.2) is 17.2 Å². The Labute approximate surface area is 106 Å². The lowest BCUT2D eigenvalue weighted by atomic mass is 10.2. The highest BCUT2D eigenvalue weighted by Crippen LogP contribution is 2.37. The monoisotopic (exact) mass is 245 g/mol. The van der Waals surface area contributed by atoms with Crippen molar-refractivity contribution in [1.29, 1.82) is 0 Å². The molecule has 2 rings (SSSR count). The molecular weight excluding hydrogens is 230 g/mol. The van der Waals surface area contributed by atoms with Gasteiger partial charge in [0.25, 0.3) is 0 Å². The van der Waals surface area contributed by atoms with Crippen LogP contribution in [0.1, 0.15) is 0 Å². The Hall–Kier alpha value is -2.36. The Morgan fingerprint density at radius 1 is 0.722 bits per heavy atom. The molecule has 0 unspecified atom stereocenters. The zero-order chi connectivity index (χ0) is 13.0. The van der Waals surface area contributed by atoms with Crippen LogP contribution in [0.2, 0.25) is 0 Å². The zero-order valence-electron chi connectivity index (χ0n) is 10.3. The van der Waals surface area contributed by atoms with Crippen molar-refractivity contribution in [3.63, 3.8) is 0 Å². The van der Waals surface area contributed by atoms with Gasteiger partial charge >= 0.3 is 0 Å². The second-order valence-corrected chi connectivity index (χ2v) is 3.63. The van der Waals surface area contributed by atoms with E-state index < -0.39 is 0 Å². The first-order chi connectivity index (χ1) is 8.76. The van der Waals surface area contributed by atoms with E-state index in [1.807, 2.05) is 30.3 Å². The first kappa shape index (κ1) is 12.1. The first-order valence-corrected chi connectivity index (χ1v) is 5.49. The van der Waals surface area contributed by atoms with Gasteiger partial charge in [-0.05, 0) is 24.3 Å². The van der Waals surface area contributed by atoms with Crippen LogP contribution in [0.25, 0.3) is 0 Å². The Bertz CT molecular complexity index is 540. The maximum atomic E-state index is 5.94. The number of nitrogens with two attached hydrogens (primary N) is 1. The molecule has 94 valence electrons. The van der Waals surface area contributed by atoms with Gasteiger partial charge in [0.2, 0.25) is 0 Å². The summed E-state index contributed by atoms with van der Waals surface area (Å²) >= 11 is 0. The van der Waals surface area contributed by atoms with Crippen molar-refractivity contribution < 1.29 is 14.2 Å². The summed E-state index contributed by atoms with van der Waals surface area (Å²) in [5.41, 5.74) is 6.41. The fraction of sp³-hybridized carbons (Fsp3) is 0.143. The molecule has 0 saturated carbocycles. The van der Waals surface area contributed by atoms with E-state index in [0.29, 0.717) is 28.7 Å². The quantitative estimate of drug-likeness (QED) is 0.841. The molecule has 0 amide bonds.